The predicted molar refractivity (Wildman–Crippen MR) is 96.4 cm³/mol. The van der Waals surface area contributed by atoms with Crippen molar-refractivity contribution in [3.63, 3.8) is 0 Å². The Morgan fingerprint density at radius 2 is 2.04 bits per heavy atom. The van der Waals surface area contributed by atoms with Crippen LogP contribution in [-0.2, 0) is 0 Å². The third-order valence-electron chi connectivity index (χ3n) is 4.78. The van der Waals surface area contributed by atoms with E-state index in [1.807, 2.05) is 29.0 Å². The van der Waals surface area contributed by atoms with Gasteiger partial charge in [0.2, 0.25) is 5.95 Å². The van der Waals surface area contributed by atoms with E-state index in [2.05, 4.69) is 44.6 Å². The molecule has 0 bridgehead atoms. The Morgan fingerprint density at radius 3 is 2.92 bits per heavy atom. The summed E-state index contributed by atoms with van der Waals surface area (Å²) in [6.07, 6.45) is 6.90. The second-order valence-electron chi connectivity index (χ2n) is 6.52. The number of rotatable bonds is 3. The van der Waals surface area contributed by atoms with E-state index in [1.165, 1.54) is 0 Å². The van der Waals surface area contributed by atoms with Gasteiger partial charge in [0.05, 0.1) is 23.3 Å². The van der Waals surface area contributed by atoms with Gasteiger partial charge in [-0.3, -0.25) is 4.98 Å². The number of fused-ring (bicyclic) bond motifs is 2. The van der Waals surface area contributed by atoms with Crippen LogP contribution in [0.3, 0.4) is 0 Å². The summed E-state index contributed by atoms with van der Waals surface area (Å²) in [4.78, 5) is 8.81. The number of aromatic nitrogens is 4. The molecular weight excluding hydrogens is 314 g/mol. The van der Waals surface area contributed by atoms with Gasteiger partial charge in [0.15, 0.2) is 0 Å². The molecule has 0 aliphatic heterocycles. The number of nitrogens with one attached hydrogen (secondary N) is 1. The first-order chi connectivity index (χ1) is 12.3. The molecule has 3 heterocycles. The minimum Gasteiger partial charge on any atom is -0.393 e. The summed E-state index contributed by atoms with van der Waals surface area (Å²) in [5, 5.41) is 18.3. The highest BCUT2D eigenvalue weighted by atomic mass is 16.3. The van der Waals surface area contributed by atoms with Crippen LogP contribution in [0.1, 0.15) is 12.8 Å². The molecule has 3 aromatic heterocycles. The van der Waals surface area contributed by atoms with Crippen molar-refractivity contribution in [2.75, 3.05) is 5.32 Å². The highest BCUT2D eigenvalue weighted by Gasteiger charge is 2.27. The lowest BCUT2D eigenvalue weighted by Crippen LogP contribution is -2.39. The molecule has 0 saturated heterocycles. The standard InChI is InChI=1S/C19H17N5O/c25-15-9-14(10-15)22-19-21-11-18-16(5-7-24(18)23-19)12-3-4-17-13(8-12)2-1-6-20-17/h1-8,11,14-15,25H,9-10H2,(H,22,23). The smallest absolute Gasteiger partial charge is 0.241 e. The summed E-state index contributed by atoms with van der Waals surface area (Å²) in [5.41, 5.74) is 4.16. The van der Waals surface area contributed by atoms with E-state index in [-0.39, 0.29) is 12.1 Å². The zero-order valence-corrected chi connectivity index (χ0v) is 13.5. The van der Waals surface area contributed by atoms with Crippen LogP contribution >= 0.6 is 0 Å². The van der Waals surface area contributed by atoms with Gasteiger partial charge >= 0.3 is 0 Å². The Bertz CT molecular complexity index is 1070. The van der Waals surface area contributed by atoms with Crippen LogP contribution in [0.2, 0.25) is 0 Å². The van der Waals surface area contributed by atoms with Gasteiger partial charge in [-0.1, -0.05) is 12.1 Å². The lowest BCUT2D eigenvalue weighted by Gasteiger charge is -2.31. The topological polar surface area (TPSA) is 75.3 Å². The highest BCUT2D eigenvalue weighted by Crippen LogP contribution is 2.28. The predicted octanol–water partition coefficient (Wildman–Crippen LogP) is 2.88. The molecule has 2 N–H and O–H groups in total. The lowest BCUT2D eigenvalue weighted by molar-refractivity contribution is 0.0833. The van der Waals surface area contributed by atoms with Crippen molar-refractivity contribution in [3.05, 3.63) is 55.0 Å². The Labute approximate surface area is 144 Å². The van der Waals surface area contributed by atoms with Gasteiger partial charge in [0.25, 0.3) is 0 Å². The van der Waals surface area contributed by atoms with E-state index in [9.17, 15) is 5.11 Å². The maximum absolute atomic E-state index is 9.38. The van der Waals surface area contributed by atoms with Gasteiger partial charge < -0.3 is 10.4 Å². The lowest BCUT2D eigenvalue weighted by atomic mass is 9.90. The van der Waals surface area contributed by atoms with Crippen LogP contribution in [-0.4, -0.2) is 36.8 Å². The van der Waals surface area contributed by atoms with E-state index in [0.717, 1.165) is 40.4 Å². The van der Waals surface area contributed by atoms with Crippen molar-refractivity contribution in [3.8, 4) is 11.1 Å². The fourth-order valence-corrected chi connectivity index (χ4v) is 3.34. The summed E-state index contributed by atoms with van der Waals surface area (Å²) in [7, 11) is 0. The third kappa shape index (κ3) is 2.51. The monoisotopic (exact) mass is 331 g/mol. The molecule has 4 aromatic rings. The number of pyridine rings is 1. The van der Waals surface area contributed by atoms with Crippen molar-refractivity contribution in [2.24, 2.45) is 0 Å². The SMILES string of the molecule is OC1CC(Nc2ncc3c(-c4ccc5ncccc5c4)ccn3n2)C1. The number of hydrogen-bond acceptors (Lipinski definition) is 5. The van der Waals surface area contributed by atoms with Gasteiger partial charge in [-0.25, -0.2) is 9.50 Å². The van der Waals surface area contributed by atoms with Gasteiger partial charge in [0, 0.05) is 29.4 Å². The number of benzene rings is 1. The number of anilines is 1. The molecule has 6 heteroatoms. The fourth-order valence-electron chi connectivity index (χ4n) is 3.34. The van der Waals surface area contributed by atoms with E-state index in [1.54, 1.807) is 6.20 Å². The van der Waals surface area contributed by atoms with Crippen molar-refractivity contribution in [2.45, 2.75) is 25.0 Å². The molecule has 0 atom stereocenters. The summed E-state index contributed by atoms with van der Waals surface area (Å²) >= 11 is 0. The zero-order chi connectivity index (χ0) is 16.8. The normalized spacial score (nSPS) is 19.9. The van der Waals surface area contributed by atoms with E-state index < -0.39 is 0 Å². The molecule has 25 heavy (non-hydrogen) atoms. The average molecular weight is 331 g/mol. The number of aliphatic hydroxyl groups excluding tert-OH is 1. The first-order valence-corrected chi connectivity index (χ1v) is 8.40. The van der Waals surface area contributed by atoms with E-state index in [4.69, 9.17) is 0 Å². The summed E-state index contributed by atoms with van der Waals surface area (Å²) in [6, 6.07) is 12.6. The second-order valence-corrected chi connectivity index (χ2v) is 6.52. The van der Waals surface area contributed by atoms with Crippen molar-refractivity contribution >= 4 is 22.4 Å². The molecule has 1 fully saturated rings. The molecule has 1 aromatic carbocycles. The molecule has 1 aliphatic carbocycles. The number of hydrogen-bond donors (Lipinski definition) is 2. The Morgan fingerprint density at radius 1 is 1.12 bits per heavy atom. The van der Waals surface area contributed by atoms with Crippen LogP contribution in [0.4, 0.5) is 5.95 Å². The highest BCUT2D eigenvalue weighted by molar-refractivity contribution is 5.88. The molecule has 0 unspecified atom stereocenters. The number of aliphatic hydroxyl groups is 1. The van der Waals surface area contributed by atoms with Crippen LogP contribution in [0, 0.1) is 0 Å². The van der Waals surface area contributed by atoms with Gasteiger partial charge in [-0.05, 0) is 42.7 Å². The van der Waals surface area contributed by atoms with E-state index >= 15 is 0 Å². The molecule has 124 valence electrons. The molecule has 0 radical (unpaired) electrons. The molecule has 6 nitrogen and oxygen atoms in total. The molecular formula is C19H17N5O. The maximum Gasteiger partial charge on any atom is 0.241 e. The minimum absolute atomic E-state index is 0.193. The van der Waals surface area contributed by atoms with Crippen LogP contribution in [0.25, 0.3) is 27.5 Å². The van der Waals surface area contributed by atoms with Crippen LogP contribution in [0.5, 0.6) is 0 Å². The molecule has 5 rings (SSSR count). The first-order valence-electron chi connectivity index (χ1n) is 8.40. The number of nitrogens with zero attached hydrogens (tertiary/aromatic N) is 4. The largest absolute Gasteiger partial charge is 0.393 e. The van der Waals surface area contributed by atoms with Crippen LogP contribution in [0.15, 0.2) is 55.0 Å². The van der Waals surface area contributed by atoms with Crippen molar-refractivity contribution in [1.29, 1.82) is 0 Å². The molecule has 0 amide bonds. The molecule has 1 saturated carbocycles. The maximum atomic E-state index is 9.38. The summed E-state index contributed by atoms with van der Waals surface area (Å²) in [6.45, 7) is 0. The first kappa shape index (κ1) is 14.4. The average Bonchev–Trinajstić information content (AvgIpc) is 3.03. The zero-order valence-electron chi connectivity index (χ0n) is 13.5. The Hall–Kier alpha value is -2.99. The molecule has 1 aliphatic rings. The summed E-state index contributed by atoms with van der Waals surface area (Å²) < 4.78 is 1.84. The third-order valence-corrected chi connectivity index (χ3v) is 4.78. The van der Waals surface area contributed by atoms with Gasteiger partial charge in [-0.2, -0.15) is 0 Å². The van der Waals surface area contributed by atoms with Gasteiger partial charge in [-0.15, -0.1) is 5.10 Å². The van der Waals surface area contributed by atoms with Crippen molar-refractivity contribution < 1.29 is 5.11 Å². The Kier molecular flexibility index (Phi) is 3.18. The van der Waals surface area contributed by atoms with Crippen molar-refractivity contribution in [1.82, 2.24) is 19.6 Å². The van der Waals surface area contributed by atoms with E-state index in [0.29, 0.717) is 5.95 Å². The molecule has 0 spiro atoms. The summed E-state index contributed by atoms with van der Waals surface area (Å²) in [5.74, 6) is 0.592. The fraction of sp³-hybridized carbons (Fsp3) is 0.211. The van der Waals surface area contributed by atoms with Crippen LogP contribution < -0.4 is 5.32 Å². The minimum atomic E-state index is -0.193. The Balaban J connectivity index is 1.50. The quantitative estimate of drug-likeness (QED) is 0.604. The van der Waals surface area contributed by atoms with Gasteiger partial charge in [0.1, 0.15) is 0 Å². The second kappa shape index (κ2) is 5.53.